The number of fused-ring (bicyclic) bond motifs is 1. The van der Waals surface area contributed by atoms with Gasteiger partial charge < -0.3 is 4.42 Å². The van der Waals surface area contributed by atoms with Gasteiger partial charge in [-0.2, -0.15) is 4.98 Å². The molecule has 0 aliphatic carbocycles. The number of hydrogen-bond acceptors (Lipinski definition) is 4. The smallest absolute Gasteiger partial charge is 0.251 e. The molecule has 6 heteroatoms. The Hall–Kier alpha value is -1.46. The van der Waals surface area contributed by atoms with Crippen molar-refractivity contribution in [2.24, 2.45) is 0 Å². The highest BCUT2D eigenvalue weighted by molar-refractivity contribution is 9.10. The fourth-order valence-corrected chi connectivity index (χ4v) is 1.82. The van der Waals surface area contributed by atoms with Gasteiger partial charge in [0.25, 0.3) is 5.71 Å². The van der Waals surface area contributed by atoms with Gasteiger partial charge in [0.2, 0.25) is 11.2 Å². The van der Waals surface area contributed by atoms with Gasteiger partial charge in [0.05, 0.1) is 6.20 Å². The summed E-state index contributed by atoms with van der Waals surface area (Å²) >= 11 is 9.05. The van der Waals surface area contributed by atoms with E-state index in [1.165, 1.54) is 6.20 Å². The van der Waals surface area contributed by atoms with Crippen LogP contribution in [0.1, 0.15) is 0 Å². The molecule has 2 heterocycles. The summed E-state index contributed by atoms with van der Waals surface area (Å²) in [6, 6.07) is 7.65. The van der Waals surface area contributed by atoms with E-state index in [2.05, 4.69) is 30.9 Å². The van der Waals surface area contributed by atoms with Crippen molar-refractivity contribution in [3.05, 3.63) is 40.2 Å². The summed E-state index contributed by atoms with van der Waals surface area (Å²) in [4.78, 5) is 12.1. The zero-order chi connectivity index (χ0) is 11.8. The predicted octanol–water partition coefficient (Wildman–Crippen LogP) is 3.70. The van der Waals surface area contributed by atoms with Gasteiger partial charge >= 0.3 is 0 Å². The van der Waals surface area contributed by atoms with Crippen LogP contribution in [0.4, 0.5) is 0 Å². The lowest BCUT2D eigenvalue weighted by Gasteiger charge is -1.94. The predicted molar refractivity (Wildman–Crippen MR) is 67.7 cm³/mol. The maximum absolute atomic E-state index is 5.68. The standard InChI is InChI=1S/C11H5BrClN3O/c12-7-3-1-6(2-4-7)9-15-8-5-14-11(13)16-10(8)17-9/h1-5H. The van der Waals surface area contributed by atoms with Gasteiger partial charge in [-0.3, -0.25) is 0 Å². The first-order valence-electron chi connectivity index (χ1n) is 4.77. The van der Waals surface area contributed by atoms with Crippen molar-refractivity contribution in [1.82, 2.24) is 15.0 Å². The number of oxazole rings is 1. The summed E-state index contributed by atoms with van der Waals surface area (Å²) < 4.78 is 6.51. The maximum Gasteiger partial charge on any atom is 0.251 e. The maximum atomic E-state index is 5.68. The first kappa shape index (κ1) is 10.7. The Morgan fingerprint density at radius 1 is 1.12 bits per heavy atom. The lowest BCUT2D eigenvalue weighted by atomic mass is 10.2. The average molecular weight is 311 g/mol. The van der Waals surface area contributed by atoms with Crippen LogP contribution in [-0.2, 0) is 0 Å². The minimum Gasteiger partial charge on any atom is -0.418 e. The normalized spacial score (nSPS) is 10.9. The molecule has 3 rings (SSSR count). The molecule has 0 aliphatic heterocycles. The molecule has 0 unspecified atom stereocenters. The zero-order valence-corrected chi connectivity index (χ0v) is 10.7. The molecule has 0 saturated heterocycles. The summed E-state index contributed by atoms with van der Waals surface area (Å²) in [5.41, 5.74) is 1.86. The molecule has 1 aromatic carbocycles. The molecule has 0 amide bonds. The summed E-state index contributed by atoms with van der Waals surface area (Å²) in [6.45, 7) is 0. The molecule has 0 N–H and O–H groups in total. The number of nitrogens with zero attached hydrogens (tertiary/aromatic N) is 3. The van der Waals surface area contributed by atoms with Gasteiger partial charge in [-0.05, 0) is 35.9 Å². The van der Waals surface area contributed by atoms with E-state index in [4.69, 9.17) is 16.0 Å². The van der Waals surface area contributed by atoms with E-state index in [1.54, 1.807) is 0 Å². The van der Waals surface area contributed by atoms with Crippen LogP contribution >= 0.6 is 27.5 Å². The fraction of sp³-hybridized carbons (Fsp3) is 0. The van der Waals surface area contributed by atoms with Gasteiger partial charge in [-0.25, -0.2) is 9.97 Å². The molecule has 84 valence electrons. The van der Waals surface area contributed by atoms with Crippen molar-refractivity contribution in [1.29, 1.82) is 0 Å². The van der Waals surface area contributed by atoms with Crippen LogP contribution < -0.4 is 0 Å². The topological polar surface area (TPSA) is 51.8 Å². The monoisotopic (exact) mass is 309 g/mol. The molecule has 2 aromatic heterocycles. The van der Waals surface area contributed by atoms with Crippen molar-refractivity contribution in [2.45, 2.75) is 0 Å². The van der Waals surface area contributed by atoms with Crippen LogP contribution in [0.5, 0.6) is 0 Å². The van der Waals surface area contributed by atoms with Crippen molar-refractivity contribution in [3.8, 4) is 11.5 Å². The highest BCUT2D eigenvalue weighted by Gasteiger charge is 2.09. The van der Waals surface area contributed by atoms with Crippen molar-refractivity contribution >= 4 is 38.8 Å². The van der Waals surface area contributed by atoms with Crippen LogP contribution in [0.3, 0.4) is 0 Å². The average Bonchev–Trinajstić information content (AvgIpc) is 2.72. The lowest BCUT2D eigenvalue weighted by molar-refractivity contribution is 0.607. The first-order chi connectivity index (χ1) is 8.22. The summed E-state index contributed by atoms with van der Waals surface area (Å²) in [7, 11) is 0. The lowest BCUT2D eigenvalue weighted by Crippen LogP contribution is -1.79. The summed E-state index contributed by atoms with van der Waals surface area (Å²) in [6.07, 6.45) is 1.54. The largest absolute Gasteiger partial charge is 0.418 e. The molecule has 4 nitrogen and oxygen atoms in total. The second-order valence-electron chi connectivity index (χ2n) is 3.36. The van der Waals surface area contributed by atoms with Crippen LogP contribution in [0, 0.1) is 0 Å². The minimum atomic E-state index is 0.149. The Balaban J connectivity index is 2.14. The van der Waals surface area contributed by atoms with Gasteiger partial charge in [-0.1, -0.05) is 15.9 Å². The van der Waals surface area contributed by atoms with Crippen LogP contribution in [0.2, 0.25) is 5.28 Å². The van der Waals surface area contributed by atoms with Gasteiger partial charge in [0.15, 0.2) is 0 Å². The third-order valence-electron chi connectivity index (χ3n) is 2.21. The molecule has 0 saturated carbocycles. The number of benzene rings is 1. The van der Waals surface area contributed by atoms with E-state index in [0.29, 0.717) is 17.1 Å². The van der Waals surface area contributed by atoms with Gasteiger partial charge in [0.1, 0.15) is 5.52 Å². The molecule has 0 atom stereocenters. The van der Waals surface area contributed by atoms with Gasteiger partial charge in [0, 0.05) is 10.0 Å². The van der Waals surface area contributed by atoms with Crippen molar-refractivity contribution in [2.75, 3.05) is 0 Å². The zero-order valence-electron chi connectivity index (χ0n) is 8.39. The van der Waals surface area contributed by atoms with Gasteiger partial charge in [-0.15, -0.1) is 0 Å². The van der Waals surface area contributed by atoms with E-state index in [1.807, 2.05) is 24.3 Å². The van der Waals surface area contributed by atoms with E-state index in [0.717, 1.165) is 10.0 Å². The second kappa shape index (κ2) is 4.09. The molecule has 0 radical (unpaired) electrons. The SMILES string of the molecule is Clc1ncc2nc(-c3ccc(Br)cc3)oc2n1. The number of hydrogen-bond donors (Lipinski definition) is 0. The Morgan fingerprint density at radius 2 is 1.88 bits per heavy atom. The molecular weight excluding hydrogens is 305 g/mol. The van der Waals surface area contributed by atoms with Crippen molar-refractivity contribution in [3.63, 3.8) is 0 Å². The summed E-state index contributed by atoms with van der Waals surface area (Å²) in [5.74, 6) is 0.504. The Kier molecular flexibility index (Phi) is 2.57. The third-order valence-corrected chi connectivity index (χ3v) is 2.92. The number of aromatic nitrogens is 3. The summed E-state index contributed by atoms with van der Waals surface area (Å²) in [5, 5.41) is 0.149. The third kappa shape index (κ3) is 2.03. The minimum absolute atomic E-state index is 0.149. The Bertz CT molecular complexity index is 681. The Labute approximate surface area is 110 Å². The number of halogens is 2. The second-order valence-corrected chi connectivity index (χ2v) is 4.61. The molecule has 3 aromatic rings. The van der Waals surface area contributed by atoms with E-state index in [9.17, 15) is 0 Å². The Morgan fingerprint density at radius 3 is 2.65 bits per heavy atom. The van der Waals surface area contributed by atoms with E-state index < -0.39 is 0 Å². The fourth-order valence-electron chi connectivity index (χ4n) is 1.43. The molecule has 0 aliphatic rings. The van der Waals surface area contributed by atoms with Crippen LogP contribution in [0.15, 0.2) is 39.4 Å². The number of rotatable bonds is 1. The molecular formula is C11H5BrClN3O. The van der Waals surface area contributed by atoms with E-state index in [-0.39, 0.29) is 5.28 Å². The molecule has 0 bridgehead atoms. The van der Waals surface area contributed by atoms with Crippen LogP contribution in [0.25, 0.3) is 22.7 Å². The molecule has 0 fully saturated rings. The van der Waals surface area contributed by atoms with Crippen molar-refractivity contribution < 1.29 is 4.42 Å². The van der Waals surface area contributed by atoms with Crippen LogP contribution in [-0.4, -0.2) is 15.0 Å². The first-order valence-corrected chi connectivity index (χ1v) is 5.94. The molecule has 17 heavy (non-hydrogen) atoms. The molecule has 0 spiro atoms. The quantitative estimate of drug-likeness (QED) is 0.643. The highest BCUT2D eigenvalue weighted by atomic mass is 79.9. The highest BCUT2D eigenvalue weighted by Crippen LogP contribution is 2.24. The van der Waals surface area contributed by atoms with E-state index >= 15 is 0 Å².